The summed E-state index contributed by atoms with van der Waals surface area (Å²) < 4.78 is 10.3. The number of rotatable bonds is 5. The van der Waals surface area contributed by atoms with Crippen LogP contribution in [0.3, 0.4) is 0 Å². The quantitative estimate of drug-likeness (QED) is 0.595. The smallest absolute Gasteiger partial charge is 0.408 e. The van der Waals surface area contributed by atoms with Crippen LogP contribution in [0.4, 0.5) is 4.79 Å². The van der Waals surface area contributed by atoms with Gasteiger partial charge in [0.15, 0.2) is 0 Å². The third-order valence-electron chi connectivity index (χ3n) is 2.92. The summed E-state index contributed by atoms with van der Waals surface area (Å²) in [5, 5.41) is 1.47. The van der Waals surface area contributed by atoms with Gasteiger partial charge < -0.3 is 20.5 Å². The normalized spacial score (nSPS) is 15.2. The Bertz CT molecular complexity index is 360. The molecular formula is C13H28N2O4Si. The molecule has 0 fully saturated rings. The summed E-state index contributed by atoms with van der Waals surface area (Å²) in [5.41, 5.74) is 5.16. The molecule has 0 aromatic heterocycles. The SMILES string of the molecule is CCOC(=O)[C@@](CN)(NC(=O)OC(C)(C)C)[Si](C)(C)C. The van der Waals surface area contributed by atoms with Gasteiger partial charge >= 0.3 is 12.1 Å². The highest BCUT2D eigenvalue weighted by molar-refractivity contribution is 6.82. The van der Waals surface area contributed by atoms with Gasteiger partial charge in [-0.1, -0.05) is 19.6 Å². The van der Waals surface area contributed by atoms with E-state index in [2.05, 4.69) is 5.32 Å². The summed E-state index contributed by atoms with van der Waals surface area (Å²) in [7, 11) is -2.19. The van der Waals surface area contributed by atoms with Crippen LogP contribution in [0.25, 0.3) is 0 Å². The van der Waals surface area contributed by atoms with E-state index in [0.29, 0.717) is 0 Å². The van der Waals surface area contributed by atoms with E-state index in [1.165, 1.54) is 0 Å². The first kappa shape index (κ1) is 18.9. The fourth-order valence-electron chi connectivity index (χ4n) is 1.72. The highest BCUT2D eigenvalue weighted by atomic mass is 28.3. The van der Waals surface area contributed by atoms with E-state index >= 15 is 0 Å². The summed E-state index contributed by atoms with van der Waals surface area (Å²) in [6, 6.07) is 0. The van der Waals surface area contributed by atoms with E-state index in [-0.39, 0.29) is 13.2 Å². The van der Waals surface area contributed by atoms with Gasteiger partial charge in [-0.3, -0.25) is 0 Å². The Kier molecular flexibility index (Phi) is 6.22. The molecule has 20 heavy (non-hydrogen) atoms. The monoisotopic (exact) mass is 304 g/mol. The van der Waals surface area contributed by atoms with E-state index in [1.54, 1.807) is 27.7 Å². The molecule has 6 nitrogen and oxygen atoms in total. The van der Waals surface area contributed by atoms with Crippen LogP contribution in [-0.2, 0) is 14.3 Å². The zero-order chi connectivity index (χ0) is 16.2. The largest absolute Gasteiger partial charge is 0.464 e. The van der Waals surface area contributed by atoms with Crippen molar-refractivity contribution in [1.82, 2.24) is 5.32 Å². The van der Waals surface area contributed by atoms with Crippen molar-refractivity contribution < 1.29 is 19.1 Å². The number of carbonyl (C=O) groups excluding carboxylic acids is 2. The molecule has 0 saturated carbocycles. The summed E-state index contributed by atoms with van der Waals surface area (Å²) in [5.74, 6) is -0.493. The van der Waals surface area contributed by atoms with Gasteiger partial charge in [-0.2, -0.15) is 0 Å². The number of ether oxygens (including phenoxy) is 2. The Morgan fingerprint density at radius 2 is 1.70 bits per heavy atom. The van der Waals surface area contributed by atoms with Gasteiger partial charge in [0.05, 0.1) is 14.7 Å². The Labute approximate surface area is 122 Å². The molecule has 0 aromatic rings. The molecule has 118 valence electrons. The number of amides is 1. The van der Waals surface area contributed by atoms with Crippen LogP contribution in [0.2, 0.25) is 19.6 Å². The van der Waals surface area contributed by atoms with Gasteiger partial charge in [-0.25, -0.2) is 9.59 Å². The molecule has 1 atom stereocenters. The fraction of sp³-hybridized carbons (Fsp3) is 0.846. The molecule has 0 bridgehead atoms. The van der Waals surface area contributed by atoms with Crippen LogP contribution >= 0.6 is 0 Å². The van der Waals surface area contributed by atoms with Crippen LogP contribution in [0.5, 0.6) is 0 Å². The Morgan fingerprint density at radius 1 is 1.20 bits per heavy atom. The minimum atomic E-state index is -2.19. The predicted octanol–water partition coefficient (Wildman–Crippen LogP) is 1.65. The van der Waals surface area contributed by atoms with E-state index in [0.717, 1.165) is 0 Å². The number of hydrogen-bond donors (Lipinski definition) is 2. The minimum absolute atomic E-state index is 0.0131. The molecule has 0 aromatic carbocycles. The number of nitrogens with one attached hydrogen (secondary N) is 1. The lowest BCUT2D eigenvalue weighted by atomic mass is 10.2. The van der Waals surface area contributed by atoms with E-state index in [1.807, 2.05) is 19.6 Å². The Hall–Kier alpha value is -1.08. The number of nitrogens with two attached hydrogens (primary N) is 1. The van der Waals surface area contributed by atoms with E-state index in [4.69, 9.17) is 15.2 Å². The van der Waals surface area contributed by atoms with Gasteiger partial charge in [0.1, 0.15) is 10.8 Å². The van der Waals surface area contributed by atoms with Gasteiger partial charge in [-0.05, 0) is 27.7 Å². The molecule has 0 aliphatic rings. The van der Waals surface area contributed by atoms with Crippen molar-refractivity contribution in [2.45, 2.75) is 58.1 Å². The first-order valence-electron chi connectivity index (χ1n) is 6.78. The predicted molar refractivity (Wildman–Crippen MR) is 81.1 cm³/mol. The van der Waals surface area contributed by atoms with Crippen LogP contribution in [0.1, 0.15) is 27.7 Å². The number of alkyl carbamates (subject to hydrolysis) is 1. The third-order valence-corrected chi connectivity index (χ3v) is 6.02. The lowest BCUT2D eigenvalue weighted by molar-refractivity contribution is -0.147. The van der Waals surface area contributed by atoms with Crippen LogP contribution in [0.15, 0.2) is 0 Å². The van der Waals surface area contributed by atoms with E-state index in [9.17, 15) is 9.59 Å². The molecule has 0 radical (unpaired) electrons. The zero-order valence-corrected chi connectivity index (χ0v) is 14.6. The minimum Gasteiger partial charge on any atom is -0.464 e. The molecular weight excluding hydrogens is 276 g/mol. The van der Waals surface area contributed by atoms with Crippen molar-refractivity contribution in [3.8, 4) is 0 Å². The van der Waals surface area contributed by atoms with Crippen molar-refractivity contribution in [2.24, 2.45) is 5.73 Å². The van der Waals surface area contributed by atoms with Crippen LogP contribution in [-0.4, -0.2) is 44.1 Å². The summed E-state index contributed by atoms with van der Waals surface area (Å²) in [6.45, 7) is 13.1. The highest BCUT2D eigenvalue weighted by Crippen LogP contribution is 2.23. The number of carbonyl (C=O) groups is 2. The number of hydrogen-bond acceptors (Lipinski definition) is 5. The third kappa shape index (κ3) is 4.79. The summed E-state index contributed by atoms with van der Waals surface area (Å²) in [6.07, 6.45) is -0.654. The fourth-order valence-corrected chi connectivity index (χ4v) is 3.49. The maximum atomic E-state index is 12.3. The Morgan fingerprint density at radius 3 is 2.00 bits per heavy atom. The lowest BCUT2D eigenvalue weighted by Gasteiger charge is -2.40. The second kappa shape index (κ2) is 6.58. The van der Waals surface area contributed by atoms with Crippen molar-refractivity contribution >= 4 is 20.1 Å². The molecule has 0 saturated heterocycles. The molecule has 1 amide bonds. The van der Waals surface area contributed by atoms with Gasteiger partial charge in [-0.15, -0.1) is 0 Å². The van der Waals surface area contributed by atoms with Crippen molar-refractivity contribution in [1.29, 1.82) is 0 Å². The van der Waals surface area contributed by atoms with E-state index < -0.39 is 30.9 Å². The number of esters is 1. The maximum absolute atomic E-state index is 12.3. The molecule has 0 heterocycles. The molecule has 0 unspecified atom stereocenters. The summed E-state index contributed by atoms with van der Waals surface area (Å²) >= 11 is 0. The molecule has 0 rings (SSSR count). The van der Waals surface area contributed by atoms with Gasteiger partial charge in [0, 0.05) is 6.54 Å². The topological polar surface area (TPSA) is 90.6 Å². The standard InChI is InChI=1S/C13H28N2O4Si/c1-8-18-10(16)13(9-14,20(5,6)7)15-11(17)19-12(2,3)4/h8-9,14H2,1-7H3,(H,15,17)/t13-/m0/s1. The van der Waals surface area contributed by atoms with Crippen molar-refractivity contribution in [2.75, 3.05) is 13.2 Å². The average Bonchev–Trinajstić information content (AvgIpc) is 2.21. The highest BCUT2D eigenvalue weighted by Gasteiger charge is 2.52. The van der Waals surface area contributed by atoms with Crippen LogP contribution in [0, 0.1) is 0 Å². The molecule has 0 spiro atoms. The molecule has 3 N–H and O–H groups in total. The second-order valence-electron chi connectivity index (χ2n) is 6.71. The van der Waals surface area contributed by atoms with Crippen LogP contribution < -0.4 is 11.1 Å². The first-order valence-corrected chi connectivity index (χ1v) is 10.3. The molecule has 0 aliphatic carbocycles. The zero-order valence-electron chi connectivity index (χ0n) is 13.6. The first-order chi connectivity index (χ1) is 8.89. The van der Waals surface area contributed by atoms with Crippen molar-refractivity contribution in [3.63, 3.8) is 0 Å². The average molecular weight is 304 g/mol. The molecule has 0 aliphatic heterocycles. The van der Waals surface area contributed by atoms with Gasteiger partial charge in [0.25, 0.3) is 0 Å². The van der Waals surface area contributed by atoms with Crippen molar-refractivity contribution in [3.05, 3.63) is 0 Å². The Balaban J connectivity index is 5.34. The lowest BCUT2D eigenvalue weighted by Crippen LogP contribution is -2.72. The second-order valence-corrected chi connectivity index (χ2v) is 12.1. The molecule has 7 heteroatoms. The van der Waals surface area contributed by atoms with Gasteiger partial charge in [0.2, 0.25) is 0 Å². The maximum Gasteiger partial charge on any atom is 0.408 e. The summed E-state index contributed by atoms with van der Waals surface area (Å²) in [4.78, 5) is 24.3.